The summed E-state index contributed by atoms with van der Waals surface area (Å²) in [6.45, 7) is 1.23. The van der Waals surface area contributed by atoms with Crippen molar-refractivity contribution in [2.45, 2.75) is 17.7 Å². The number of nitrogens with zero attached hydrogens (tertiary/aromatic N) is 2. The van der Waals surface area contributed by atoms with Gasteiger partial charge in [-0.15, -0.1) is 0 Å². The van der Waals surface area contributed by atoms with Crippen molar-refractivity contribution in [3.63, 3.8) is 0 Å². The maximum absolute atomic E-state index is 12.5. The largest absolute Gasteiger partial charge is 0.361 e. The number of benzene rings is 2. The van der Waals surface area contributed by atoms with E-state index in [1.54, 1.807) is 34.8 Å². The molecule has 128 valence electrons. The molecular weight excluding hydrogens is 334 g/mol. The van der Waals surface area contributed by atoms with Crippen LogP contribution in [0.1, 0.15) is 18.4 Å². The number of hydrogen-bond acceptors (Lipinski definition) is 3. The molecule has 4 rings (SSSR count). The lowest BCUT2D eigenvalue weighted by Crippen LogP contribution is -2.27. The van der Waals surface area contributed by atoms with Crippen LogP contribution in [0.15, 0.2) is 64.6 Å². The topological polar surface area (TPSA) is 65.5 Å². The molecule has 1 aliphatic rings. The van der Waals surface area contributed by atoms with Gasteiger partial charge in [0.25, 0.3) is 0 Å². The van der Waals surface area contributed by atoms with Crippen LogP contribution in [0.25, 0.3) is 10.9 Å². The molecule has 0 saturated carbocycles. The predicted molar refractivity (Wildman–Crippen MR) is 100.0 cm³/mol. The van der Waals surface area contributed by atoms with Gasteiger partial charge in [-0.05, 0) is 43.2 Å². The third-order valence-electron chi connectivity index (χ3n) is 4.51. The lowest BCUT2D eigenvalue weighted by atomic mass is 10.2. The van der Waals surface area contributed by atoms with Crippen LogP contribution in [0.2, 0.25) is 0 Å². The molecule has 1 aliphatic heterocycles. The number of rotatable bonds is 4. The molecule has 3 aromatic rings. The normalized spacial score (nSPS) is 16.2. The minimum atomic E-state index is -3.37. The summed E-state index contributed by atoms with van der Waals surface area (Å²) in [5.41, 5.74) is 2.80. The SMILES string of the molecule is O=S(=O)(c1ccc(N=Cc2c[nH]c3ccccc23)cc1)N1CCCC1. The molecule has 6 heteroatoms. The van der Waals surface area contributed by atoms with E-state index in [-0.39, 0.29) is 0 Å². The predicted octanol–water partition coefficient (Wildman–Crippen LogP) is 3.70. The fourth-order valence-corrected chi connectivity index (χ4v) is 4.64. The van der Waals surface area contributed by atoms with E-state index < -0.39 is 10.0 Å². The van der Waals surface area contributed by atoms with Gasteiger partial charge >= 0.3 is 0 Å². The molecular formula is C19H19N3O2S. The highest BCUT2D eigenvalue weighted by Crippen LogP contribution is 2.23. The van der Waals surface area contributed by atoms with Crippen LogP contribution >= 0.6 is 0 Å². The summed E-state index contributed by atoms with van der Waals surface area (Å²) in [4.78, 5) is 8.01. The Kier molecular flexibility index (Phi) is 4.15. The molecule has 1 saturated heterocycles. The highest BCUT2D eigenvalue weighted by Gasteiger charge is 2.26. The number of aromatic nitrogens is 1. The van der Waals surface area contributed by atoms with Crippen molar-refractivity contribution in [1.82, 2.24) is 9.29 Å². The Balaban J connectivity index is 1.56. The van der Waals surface area contributed by atoms with E-state index in [0.29, 0.717) is 18.0 Å². The molecule has 2 aromatic carbocycles. The minimum absolute atomic E-state index is 0.334. The van der Waals surface area contributed by atoms with Crippen LogP contribution in [0, 0.1) is 0 Å². The highest BCUT2D eigenvalue weighted by molar-refractivity contribution is 7.89. The smallest absolute Gasteiger partial charge is 0.243 e. The van der Waals surface area contributed by atoms with E-state index in [1.165, 1.54) is 0 Å². The van der Waals surface area contributed by atoms with E-state index >= 15 is 0 Å². The summed E-state index contributed by atoms with van der Waals surface area (Å²) >= 11 is 0. The number of fused-ring (bicyclic) bond motifs is 1. The number of nitrogens with one attached hydrogen (secondary N) is 1. The van der Waals surface area contributed by atoms with Gasteiger partial charge in [-0.3, -0.25) is 4.99 Å². The van der Waals surface area contributed by atoms with Gasteiger partial charge in [0.2, 0.25) is 10.0 Å². The van der Waals surface area contributed by atoms with Gasteiger partial charge < -0.3 is 4.98 Å². The Morgan fingerprint density at radius 2 is 1.72 bits per heavy atom. The molecule has 25 heavy (non-hydrogen) atoms. The monoisotopic (exact) mass is 353 g/mol. The fourth-order valence-electron chi connectivity index (χ4n) is 3.13. The van der Waals surface area contributed by atoms with Crippen molar-refractivity contribution < 1.29 is 8.42 Å². The van der Waals surface area contributed by atoms with Crippen LogP contribution in [0.5, 0.6) is 0 Å². The van der Waals surface area contributed by atoms with Gasteiger partial charge in [0.15, 0.2) is 0 Å². The Morgan fingerprint density at radius 3 is 2.48 bits per heavy atom. The van der Waals surface area contributed by atoms with Gasteiger partial charge in [0.05, 0.1) is 10.6 Å². The van der Waals surface area contributed by atoms with Crippen molar-refractivity contribution in [3.05, 3.63) is 60.3 Å². The molecule has 0 radical (unpaired) electrons. The first-order valence-corrected chi connectivity index (χ1v) is 9.79. The molecule has 1 N–H and O–H groups in total. The number of hydrogen-bond donors (Lipinski definition) is 1. The molecule has 0 aliphatic carbocycles. The molecule has 0 spiro atoms. The van der Waals surface area contributed by atoms with E-state index in [9.17, 15) is 8.42 Å². The van der Waals surface area contributed by atoms with Gasteiger partial charge in [0.1, 0.15) is 0 Å². The molecule has 1 fully saturated rings. The standard InChI is InChI=1S/C19H19N3O2S/c23-25(24,22-11-3-4-12-22)17-9-7-16(8-10-17)20-13-15-14-21-19-6-2-1-5-18(15)19/h1-2,5-10,13-14,21H,3-4,11-12H2. The summed E-state index contributed by atoms with van der Waals surface area (Å²) in [7, 11) is -3.37. The van der Waals surface area contributed by atoms with Crippen LogP contribution in [-0.2, 0) is 10.0 Å². The first kappa shape index (κ1) is 16.1. The van der Waals surface area contributed by atoms with Crippen molar-refractivity contribution in [2.75, 3.05) is 13.1 Å². The van der Waals surface area contributed by atoms with E-state index in [1.807, 2.05) is 30.5 Å². The number of aromatic amines is 1. The zero-order chi connectivity index (χ0) is 17.3. The van der Waals surface area contributed by atoms with E-state index in [0.717, 1.165) is 35.0 Å². The third kappa shape index (κ3) is 3.10. The second kappa shape index (κ2) is 6.46. The van der Waals surface area contributed by atoms with E-state index in [4.69, 9.17) is 0 Å². The van der Waals surface area contributed by atoms with Gasteiger partial charge in [-0.25, -0.2) is 8.42 Å². The summed E-state index contributed by atoms with van der Waals surface area (Å²) < 4.78 is 26.6. The second-order valence-corrected chi connectivity index (χ2v) is 8.09. The van der Waals surface area contributed by atoms with E-state index in [2.05, 4.69) is 9.98 Å². The lowest BCUT2D eigenvalue weighted by molar-refractivity contribution is 0.477. The second-order valence-electron chi connectivity index (χ2n) is 6.15. The first-order valence-electron chi connectivity index (χ1n) is 8.35. The minimum Gasteiger partial charge on any atom is -0.361 e. The zero-order valence-corrected chi connectivity index (χ0v) is 14.5. The van der Waals surface area contributed by atoms with Crippen molar-refractivity contribution in [3.8, 4) is 0 Å². The lowest BCUT2D eigenvalue weighted by Gasteiger charge is -2.15. The molecule has 0 atom stereocenters. The van der Waals surface area contributed by atoms with Gasteiger partial charge in [-0.2, -0.15) is 4.31 Å². The average Bonchev–Trinajstić information content (AvgIpc) is 3.31. The van der Waals surface area contributed by atoms with Crippen LogP contribution < -0.4 is 0 Å². The number of sulfonamides is 1. The van der Waals surface area contributed by atoms with Crippen LogP contribution in [-0.4, -0.2) is 37.0 Å². The van der Waals surface area contributed by atoms with Gasteiger partial charge in [-0.1, -0.05) is 18.2 Å². The Labute approximate surface area is 147 Å². The Bertz CT molecular complexity index is 1010. The van der Waals surface area contributed by atoms with Gasteiger partial charge in [0, 0.05) is 42.0 Å². The number of para-hydroxylation sites is 1. The molecule has 5 nitrogen and oxygen atoms in total. The van der Waals surface area contributed by atoms with Crippen molar-refractivity contribution in [2.24, 2.45) is 4.99 Å². The molecule has 2 heterocycles. The highest BCUT2D eigenvalue weighted by atomic mass is 32.2. The summed E-state index contributed by atoms with van der Waals surface area (Å²) in [6.07, 6.45) is 5.58. The quantitative estimate of drug-likeness (QED) is 0.727. The molecule has 0 bridgehead atoms. The number of aliphatic imine (C=N–C) groups is 1. The van der Waals surface area contributed by atoms with Crippen molar-refractivity contribution in [1.29, 1.82) is 0 Å². The average molecular weight is 353 g/mol. The molecule has 1 aromatic heterocycles. The maximum Gasteiger partial charge on any atom is 0.243 e. The summed E-state index contributed by atoms with van der Waals surface area (Å²) in [5.74, 6) is 0. The summed E-state index contributed by atoms with van der Waals surface area (Å²) in [5, 5.41) is 1.11. The third-order valence-corrected chi connectivity index (χ3v) is 6.43. The fraction of sp³-hybridized carbons (Fsp3) is 0.211. The Morgan fingerprint density at radius 1 is 1.00 bits per heavy atom. The summed E-state index contributed by atoms with van der Waals surface area (Å²) in [6, 6.07) is 14.8. The molecule has 0 amide bonds. The first-order chi connectivity index (χ1) is 12.1. The molecule has 0 unspecified atom stereocenters. The maximum atomic E-state index is 12.5. The van der Waals surface area contributed by atoms with Crippen LogP contribution in [0.4, 0.5) is 5.69 Å². The van der Waals surface area contributed by atoms with Crippen molar-refractivity contribution >= 4 is 32.8 Å². The Hall–Kier alpha value is -2.44. The number of H-pyrrole nitrogens is 1. The van der Waals surface area contributed by atoms with Crippen LogP contribution in [0.3, 0.4) is 0 Å². The zero-order valence-electron chi connectivity index (χ0n) is 13.7.